The largest absolute Gasteiger partial charge is 0.496 e. The van der Waals surface area contributed by atoms with Crippen molar-refractivity contribution in [2.75, 3.05) is 26.5 Å². The molecule has 2 aromatic rings. The average molecular weight is 352 g/mol. The highest BCUT2D eigenvalue weighted by Crippen LogP contribution is 2.28. The van der Waals surface area contributed by atoms with Gasteiger partial charge in [-0.2, -0.15) is 0 Å². The molecule has 0 bridgehead atoms. The maximum atomic E-state index is 12.4. The number of benzene rings is 2. The van der Waals surface area contributed by atoms with Gasteiger partial charge in [-0.15, -0.1) is 11.8 Å². The summed E-state index contributed by atoms with van der Waals surface area (Å²) in [5, 5.41) is 3.60. The number of halogens is 1. The van der Waals surface area contributed by atoms with E-state index in [-0.39, 0.29) is 5.91 Å². The Bertz CT molecular complexity index is 639. The van der Waals surface area contributed by atoms with Gasteiger partial charge < -0.3 is 14.8 Å². The monoisotopic (exact) mass is 351 g/mol. The number of nitrogens with one attached hydrogen (secondary N) is 1. The SMILES string of the molecule is COc1cccc(OC)c1C(=O)NCCSc1ccc(Cl)cc1. The van der Waals surface area contributed by atoms with Crippen LogP contribution in [0.1, 0.15) is 10.4 Å². The summed E-state index contributed by atoms with van der Waals surface area (Å²) in [4.78, 5) is 13.5. The molecule has 1 N–H and O–H groups in total. The van der Waals surface area contributed by atoms with Crippen molar-refractivity contribution >= 4 is 29.3 Å². The van der Waals surface area contributed by atoms with Crippen LogP contribution in [0.2, 0.25) is 5.02 Å². The number of carbonyl (C=O) groups is 1. The van der Waals surface area contributed by atoms with Gasteiger partial charge in [0.05, 0.1) is 14.2 Å². The zero-order chi connectivity index (χ0) is 16.7. The molecular weight excluding hydrogens is 334 g/mol. The van der Waals surface area contributed by atoms with Gasteiger partial charge in [-0.05, 0) is 36.4 Å². The summed E-state index contributed by atoms with van der Waals surface area (Å²) in [5.41, 5.74) is 0.411. The van der Waals surface area contributed by atoms with E-state index in [0.29, 0.717) is 28.6 Å². The Balaban J connectivity index is 1.91. The van der Waals surface area contributed by atoms with Gasteiger partial charge in [-0.1, -0.05) is 17.7 Å². The smallest absolute Gasteiger partial charge is 0.258 e. The van der Waals surface area contributed by atoms with Crippen LogP contribution in [0.3, 0.4) is 0 Å². The van der Waals surface area contributed by atoms with Crippen LogP contribution >= 0.6 is 23.4 Å². The van der Waals surface area contributed by atoms with Crippen LogP contribution in [-0.4, -0.2) is 32.4 Å². The van der Waals surface area contributed by atoms with Gasteiger partial charge in [0.25, 0.3) is 5.91 Å². The quantitative estimate of drug-likeness (QED) is 0.607. The van der Waals surface area contributed by atoms with Crippen LogP contribution in [0.4, 0.5) is 0 Å². The molecule has 0 aliphatic heterocycles. The van der Waals surface area contributed by atoms with Crippen molar-refractivity contribution in [2.45, 2.75) is 4.90 Å². The third-order valence-corrected chi connectivity index (χ3v) is 4.39. The first kappa shape index (κ1) is 17.5. The molecule has 1 amide bonds. The lowest BCUT2D eigenvalue weighted by molar-refractivity contribution is 0.0950. The van der Waals surface area contributed by atoms with Crippen molar-refractivity contribution in [3.63, 3.8) is 0 Å². The number of ether oxygens (including phenoxy) is 2. The van der Waals surface area contributed by atoms with E-state index in [1.54, 1.807) is 30.0 Å². The standard InChI is InChI=1S/C17H18ClNO3S/c1-21-14-4-3-5-15(22-2)16(14)17(20)19-10-11-23-13-8-6-12(18)7-9-13/h3-9H,10-11H2,1-2H3,(H,19,20). The minimum absolute atomic E-state index is 0.212. The van der Waals surface area contributed by atoms with Crippen molar-refractivity contribution in [3.8, 4) is 11.5 Å². The molecule has 0 aliphatic rings. The Hall–Kier alpha value is -1.85. The summed E-state index contributed by atoms with van der Waals surface area (Å²) in [5.74, 6) is 1.53. The van der Waals surface area contributed by atoms with Gasteiger partial charge in [-0.3, -0.25) is 4.79 Å². The van der Waals surface area contributed by atoms with Crippen molar-refractivity contribution in [3.05, 3.63) is 53.1 Å². The van der Waals surface area contributed by atoms with E-state index in [1.807, 2.05) is 24.3 Å². The molecule has 0 atom stereocenters. The van der Waals surface area contributed by atoms with Crippen molar-refractivity contribution in [2.24, 2.45) is 0 Å². The Morgan fingerprint density at radius 2 is 1.70 bits per heavy atom. The van der Waals surface area contributed by atoms with Crippen LogP contribution in [0.25, 0.3) is 0 Å². The van der Waals surface area contributed by atoms with E-state index >= 15 is 0 Å². The fraction of sp³-hybridized carbons (Fsp3) is 0.235. The van der Waals surface area contributed by atoms with Crippen LogP contribution in [0, 0.1) is 0 Å². The molecule has 122 valence electrons. The molecular formula is C17H18ClNO3S. The topological polar surface area (TPSA) is 47.6 Å². The molecule has 0 saturated carbocycles. The third kappa shape index (κ3) is 4.81. The van der Waals surface area contributed by atoms with Gasteiger partial charge in [0.1, 0.15) is 17.1 Å². The molecule has 0 aromatic heterocycles. The lowest BCUT2D eigenvalue weighted by Crippen LogP contribution is -2.26. The van der Waals surface area contributed by atoms with Gasteiger partial charge in [-0.25, -0.2) is 0 Å². The number of hydrogen-bond donors (Lipinski definition) is 1. The molecule has 0 saturated heterocycles. The van der Waals surface area contributed by atoms with Gasteiger partial charge in [0.15, 0.2) is 0 Å². The number of thioether (sulfide) groups is 1. The van der Waals surface area contributed by atoms with E-state index in [4.69, 9.17) is 21.1 Å². The number of rotatable bonds is 7. The van der Waals surface area contributed by atoms with Crippen LogP contribution in [0.5, 0.6) is 11.5 Å². The Labute approximate surface area is 145 Å². The maximum Gasteiger partial charge on any atom is 0.258 e. The number of carbonyl (C=O) groups excluding carboxylic acids is 1. The third-order valence-electron chi connectivity index (χ3n) is 3.12. The molecule has 6 heteroatoms. The number of amides is 1. The molecule has 23 heavy (non-hydrogen) atoms. The second-order valence-corrected chi connectivity index (χ2v) is 6.20. The molecule has 0 aliphatic carbocycles. The van der Waals surface area contributed by atoms with Gasteiger partial charge >= 0.3 is 0 Å². The number of methoxy groups -OCH3 is 2. The Morgan fingerprint density at radius 3 is 2.26 bits per heavy atom. The summed E-state index contributed by atoms with van der Waals surface area (Å²) in [6.07, 6.45) is 0. The predicted octanol–water partition coefficient (Wildman–Crippen LogP) is 3.88. The predicted molar refractivity (Wildman–Crippen MR) is 94.1 cm³/mol. The lowest BCUT2D eigenvalue weighted by Gasteiger charge is -2.12. The highest BCUT2D eigenvalue weighted by molar-refractivity contribution is 7.99. The summed E-state index contributed by atoms with van der Waals surface area (Å²) >= 11 is 7.50. The highest BCUT2D eigenvalue weighted by Gasteiger charge is 2.17. The van der Waals surface area contributed by atoms with E-state index < -0.39 is 0 Å². The minimum atomic E-state index is -0.212. The normalized spacial score (nSPS) is 10.2. The zero-order valence-corrected chi connectivity index (χ0v) is 14.5. The number of hydrogen-bond acceptors (Lipinski definition) is 4. The summed E-state index contributed by atoms with van der Waals surface area (Å²) in [6, 6.07) is 12.9. The molecule has 0 unspecified atom stereocenters. The first-order valence-corrected chi connectivity index (χ1v) is 8.39. The van der Waals surface area contributed by atoms with Crippen molar-refractivity contribution < 1.29 is 14.3 Å². The van der Waals surface area contributed by atoms with E-state index in [1.165, 1.54) is 14.2 Å². The highest BCUT2D eigenvalue weighted by atomic mass is 35.5. The molecule has 0 radical (unpaired) electrons. The van der Waals surface area contributed by atoms with Crippen molar-refractivity contribution in [1.29, 1.82) is 0 Å². The van der Waals surface area contributed by atoms with E-state index in [9.17, 15) is 4.79 Å². The Morgan fingerprint density at radius 1 is 1.09 bits per heavy atom. The zero-order valence-electron chi connectivity index (χ0n) is 13.0. The molecule has 4 nitrogen and oxygen atoms in total. The molecule has 0 heterocycles. The summed E-state index contributed by atoms with van der Waals surface area (Å²) < 4.78 is 10.5. The average Bonchev–Trinajstić information content (AvgIpc) is 2.59. The van der Waals surface area contributed by atoms with E-state index in [0.717, 1.165) is 10.6 Å². The molecule has 2 aromatic carbocycles. The first-order chi connectivity index (χ1) is 11.2. The second kappa shape index (κ2) is 8.70. The van der Waals surface area contributed by atoms with Crippen LogP contribution < -0.4 is 14.8 Å². The second-order valence-electron chi connectivity index (χ2n) is 4.60. The van der Waals surface area contributed by atoms with Gasteiger partial charge in [0.2, 0.25) is 0 Å². The minimum Gasteiger partial charge on any atom is -0.496 e. The van der Waals surface area contributed by atoms with Crippen molar-refractivity contribution in [1.82, 2.24) is 5.32 Å². The fourth-order valence-corrected chi connectivity index (χ4v) is 2.92. The summed E-state index contributed by atoms with van der Waals surface area (Å²) in [7, 11) is 3.06. The fourth-order valence-electron chi connectivity index (χ4n) is 2.03. The Kier molecular flexibility index (Phi) is 6.62. The van der Waals surface area contributed by atoms with Crippen LogP contribution in [-0.2, 0) is 0 Å². The molecule has 2 rings (SSSR count). The summed E-state index contributed by atoms with van der Waals surface area (Å²) in [6.45, 7) is 0.535. The molecule has 0 spiro atoms. The maximum absolute atomic E-state index is 12.4. The first-order valence-electron chi connectivity index (χ1n) is 7.03. The van der Waals surface area contributed by atoms with E-state index in [2.05, 4.69) is 5.32 Å². The lowest BCUT2D eigenvalue weighted by atomic mass is 10.1. The molecule has 0 fully saturated rings. The van der Waals surface area contributed by atoms with Gasteiger partial charge in [0, 0.05) is 22.2 Å². The van der Waals surface area contributed by atoms with Crippen LogP contribution in [0.15, 0.2) is 47.4 Å².